The summed E-state index contributed by atoms with van der Waals surface area (Å²) in [5, 5.41) is 3.45. The van der Waals surface area contributed by atoms with E-state index in [4.69, 9.17) is 4.74 Å². The number of ether oxygens (including phenoxy) is 1. The van der Waals surface area contributed by atoms with Gasteiger partial charge in [-0.15, -0.1) is 0 Å². The van der Waals surface area contributed by atoms with Crippen LogP contribution in [0.2, 0.25) is 0 Å². The third-order valence-corrected chi connectivity index (χ3v) is 3.16. The second kappa shape index (κ2) is 6.14. The third kappa shape index (κ3) is 3.52. The number of fused-ring (bicyclic) bond motifs is 1. The van der Waals surface area contributed by atoms with Crippen LogP contribution in [0.15, 0.2) is 12.4 Å². The Morgan fingerprint density at radius 2 is 2.41 bits per heavy atom. The van der Waals surface area contributed by atoms with Crippen LogP contribution >= 0.6 is 0 Å². The molecule has 1 aromatic heterocycles. The third-order valence-electron chi connectivity index (χ3n) is 3.16. The summed E-state index contributed by atoms with van der Waals surface area (Å²) in [5.74, 6) is 1.18. The van der Waals surface area contributed by atoms with Crippen molar-refractivity contribution in [2.24, 2.45) is 0 Å². The molecule has 1 unspecified atom stereocenters. The zero-order chi connectivity index (χ0) is 12.1. The molecule has 1 N–H and O–H groups in total. The summed E-state index contributed by atoms with van der Waals surface area (Å²) in [6.07, 6.45) is 3.95. The van der Waals surface area contributed by atoms with E-state index in [1.165, 1.54) is 5.82 Å². The molecule has 0 fully saturated rings. The normalized spacial score (nSPS) is 18.0. The predicted octanol–water partition coefficient (Wildman–Crippen LogP) is 0.323. The zero-order valence-corrected chi connectivity index (χ0v) is 10.7. The number of aromatic nitrogens is 2. The molecule has 17 heavy (non-hydrogen) atoms. The van der Waals surface area contributed by atoms with Crippen molar-refractivity contribution >= 4 is 0 Å². The Labute approximate surface area is 103 Å². The molecular formula is C12H22N4O. The van der Waals surface area contributed by atoms with E-state index in [0.29, 0.717) is 6.04 Å². The lowest BCUT2D eigenvalue weighted by molar-refractivity contribution is 0.165. The lowest BCUT2D eigenvalue weighted by Gasteiger charge is -2.28. The number of nitrogens with zero attached hydrogens (tertiary/aromatic N) is 3. The van der Waals surface area contributed by atoms with Gasteiger partial charge in [-0.05, 0) is 6.92 Å². The Bertz CT molecular complexity index is 339. The van der Waals surface area contributed by atoms with E-state index < -0.39 is 0 Å². The fourth-order valence-corrected chi connectivity index (χ4v) is 2.19. The average Bonchev–Trinajstić information content (AvgIpc) is 2.76. The van der Waals surface area contributed by atoms with Crippen molar-refractivity contribution in [1.29, 1.82) is 0 Å². The summed E-state index contributed by atoms with van der Waals surface area (Å²) in [7, 11) is 1.74. The standard InChI is InChI=1S/C12H22N4O/c1-11(10-17-2)13-3-5-15-7-8-16-6-4-14-12(16)9-15/h4,6,11,13H,3,5,7-10H2,1-2H3. The molecule has 0 radical (unpaired) electrons. The summed E-state index contributed by atoms with van der Waals surface area (Å²) in [5.41, 5.74) is 0. The predicted molar refractivity (Wildman–Crippen MR) is 66.8 cm³/mol. The van der Waals surface area contributed by atoms with Gasteiger partial charge in [0.15, 0.2) is 0 Å². The van der Waals surface area contributed by atoms with Crippen molar-refractivity contribution in [1.82, 2.24) is 19.8 Å². The highest BCUT2D eigenvalue weighted by Crippen LogP contribution is 2.08. The molecule has 0 spiro atoms. The number of imidazole rings is 1. The first-order valence-electron chi connectivity index (χ1n) is 6.24. The average molecular weight is 238 g/mol. The smallest absolute Gasteiger partial charge is 0.122 e. The number of hydrogen-bond donors (Lipinski definition) is 1. The van der Waals surface area contributed by atoms with Crippen LogP contribution in [0.4, 0.5) is 0 Å². The molecule has 0 saturated heterocycles. The molecule has 96 valence electrons. The molecule has 2 rings (SSSR count). The van der Waals surface area contributed by atoms with Crippen molar-refractivity contribution in [3.05, 3.63) is 18.2 Å². The Hall–Kier alpha value is -0.910. The number of methoxy groups -OCH3 is 1. The quantitative estimate of drug-likeness (QED) is 0.775. The number of rotatable bonds is 6. The van der Waals surface area contributed by atoms with Crippen LogP contribution in [0.1, 0.15) is 12.7 Å². The monoisotopic (exact) mass is 238 g/mol. The summed E-state index contributed by atoms with van der Waals surface area (Å²) < 4.78 is 7.33. The van der Waals surface area contributed by atoms with Crippen molar-refractivity contribution in [3.63, 3.8) is 0 Å². The molecule has 1 atom stereocenters. The molecule has 0 amide bonds. The molecule has 0 saturated carbocycles. The fourth-order valence-electron chi connectivity index (χ4n) is 2.19. The molecule has 0 aliphatic carbocycles. The van der Waals surface area contributed by atoms with Crippen molar-refractivity contribution in [2.75, 3.05) is 33.4 Å². The van der Waals surface area contributed by atoms with E-state index in [2.05, 4.69) is 32.9 Å². The van der Waals surface area contributed by atoms with Gasteiger partial charge in [-0.1, -0.05) is 0 Å². The Kier molecular flexibility index (Phi) is 4.53. The number of nitrogens with one attached hydrogen (secondary N) is 1. The highest BCUT2D eigenvalue weighted by Gasteiger charge is 2.15. The SMILES string of the molecule is COCC(C)NCCN1CCn2ccnc2C1. The zero-order valence-electron chi connectivity index (χ0n) is 10.7. The summed E-state index contributed by atoms with van der Waals surface area (Å²) in [4.78, 5) is 6.80. The minimum Gasteiger partial charge on any atom is -0.383 e. The van der Waals surface area contributed by atoms with Crippen LogP contribution in [-0.2, 0) is 17.8 Å². The van der Waals surface area contributed by atoms with Gasteiger partial charge in [-0.25, -0.2) is 4.98 Å². The van der Waals surface area contributed by atoms with Crippen LogP contribution in [0.25, 0.3) is 0 Å². The van der Waals surface area contributed by atoms with Gasteiger partial charge in [0.1, 0.15) is 5.82 Å². The highest BCUT2D eigenvalue weighted by molar-refractivity contribution is 4.95. The Balaban J connectivity index is 1.68. The van der Waals surface area contributed by atoms with Gasteiger partial charge in [0.25, 0.3) is 0 Å². The molecular weight excluding hydrogens is 216 g/mol. The van der Waals surface area contributed by atoms with Crippen LogP contribution in [0.3, 0.4) is 0 Å². The van der Waals surface area contributed by atoms with E-state index in [1.54, 1.807) is 7.11 Å². The van der Waals surface area contributed by atoms with Crippen LogP contribution in [-0.4, -0.2) is 53.8 Å². The first kappa shape index (κ1) is 12.5. The second-order valence-electron chi connectivity index (χ2n) is 4.62. The van der Waals surface area contributed by atoms with Gasteiger partial charge in [-0.3, -0.25) is 4.90 Å². The van der Waals surface area contributed by atoms with E-state index in [0.717, 1.165) is 39.3 Å². The minimum absolute atomic E-state index is 0.423. The first-order valence-corrected chi connectivity index (χ1v) is 6.24. The van der Waals surface area contributed by atoms with Gasteiger partial charge >= 0.3 is 0 Å². The first-order chi connectivity index (χ1) is 8.29. The van der Waals surface area contributed by atoms with Crippen molar-refractivity contribution in [2.45, 2.75) is 26.1 Å². The molecule has 5 heteroatoms. The van der Waals surface area contributed by atoms with Gasteiger partial charge < -0.3 is 14.6 Å². The van der Waals surface area contributed by atoms with Crippen LogP contribution in [0.5, 0.6) is 0 Å². The van der Waals surface area contributed by atoms with E-state index in [-0.39, 0.29) is 0 Å². The largest absolute Gasteiger partial charge is 0.383 e. The summed E-state index contributed by atoms with van der Waals surface area (Å²) in [6.45, 7) is 8.13. The number of hydrogen-bond acceptors (Lipinski definition) is 4. The molecule has 1 aliphatic heterocycles. The fraction of sp³-hybridized carbons (Fsp3) is 0.750. The molecule has 0 bridgehead atoms. The maximum Gasteiger partial charge on any atom is 0.122 e. The van der Waals surface area contributed by atoms with Crippen LogP contribution in [0, 0.1) is 0 Å². The van der Waals surface area contributed by atoms with E-state index in [1.807, 2.05) is 6.20 Å². The lowest BCUT2D eigenvalue weighted by atomic mass is 10.3. The summed E-state index contributed by atoms with van der Waals surface area (Å²) in [6, 6.07) is 0.423. The maximum absolute atomic E-state index is 5.09. The molecule has 5 nitrogen and oxygen atoms in total. The molecule has 2 heterocycles. The molecule has 1 aliphatic rings. The van der Waals surface area contributed by atoms with Gasteiger partial charge in [-0.2, -0.15) is 0 Å². The Morgan fingerprint density at radius 3 is 3.24 bits per heavy atom. The maximum atomic E-state index is 5.09. The van der Waals surface area contributed by atoms with E-state index in [9.17, 15) is 0 Å². The second-order valence-corrected chi connectivity index (χ2v) is 4.62. The minimum atomic E-state index is 0.423. The lowest BCUT2D eigenvalue weighted by Crippen LogP contribution is -2.40. The van der Waals surface area contributed by atoms with Gasteiger partial charge in [0.2, 0.25) is 0 Å². The molecule has 1 aromatic rings. The van der Waals surface area contributed by atoms with Gasteiger partial charge in [0.05, 0.1) is 13.2 Å². The molecule has 0 aromatic carbocycles. The Morgan fingerprint density at radius 1 is 1.53 bits per heavy atom. The highest BCUT2D eigenvalue weighted by atomic mass is 16.5. The topological polar surface area (TPSA) is 42.3 Å². The van der Waals surface area contributed by atoms with E-state index >= 15 is 0 Å². The van der Waals surface area contributed by atoms with Crippen molar-refractivity contribution < 1.29 is 4.74 Å². The van der Waals surface area contributed by atoms with Crippen LogP contribution < -0.4 is 5.32 Å². The van der Waals surface area contributed by atoms with Crippen molar-refractivity contribution in [3.8, 4) is 0 Å². The van der Waals surface area contributed by atoms with Gasteiger partial charge in [0, 0.05) is 51.7 Å². The summed E-state index contributed by atoms with van der Waals surface area (Å²) >= 11 is 0.